The lowest BCUT2D eigenvalue weighted by Crippen LogP contribution is -2.21. The Balaban J connectivity index is 2.02. The van der Waals surface area contributed by atoms with Gasteiger partial charge in [0.15, 0.2) is 5.82 Å². The first kappa shape index (κ1) is 7.73. The number of nitrogens with zero attached hydrogens (tertiary/aromatic N) is 2. The average molecular weight is 167 g/mol. The van der Waals surface area contributed by atoms with Crippen LogP contribution in [0.1, 0.15) is 37.5 Å². The van der Waals surface area contributed by atoms with E-state index < -0.39 is 0 Å². The van der Waals surface area contributed by atoms with Crippen LogP contribution in [-0.2, 0) is 0 Å². The van der Waals surface area contributed by atoms with Gasteiger partial charge in [-0.2, -0.15) is 4.98 Å². The van der Waals surface area contributed by atoms with Gasteiger partial charge in [-0.05, 0) is 19.4 Å². The number of nitrogens with one attached hydrogen (secondary N) is 1. The number of aromatic nitrogens is 2. The predicted octanol–water partition coefficient (Wildman–Crippen LogP) is 1.27. The van der Waals surface area contributed by atoms with Crippen molar-refractivity contribution in [3.05, 3.63) is 12.2 Å². The van der Waals surface area contributed by atoms with Crippen molar-refractivity contribution in [3.63, 3.8) is 0 Å². The molecule has 0 amide bonds. The molecule has 1 aliphatic rings. The topological polar surface area (TPSA) is 51.0 Å². The van der Waals surface area contributed by atoms with E-state index in [1.165, 1.54) is 25.7 Å². The summed E-state index contributed by atoms with van der Waals surface area (Å²) in [4.78, 5) is 4.04. The molecule has 0 unspecified atom stereocenters. The molecular weight excluding hydrogens is 154 g/mol. The Bertz CT molecular complexity index is 214. The quantitative estimate of drug-likeness (QED) is 0.684. The second kappa shape index (κ2) is 3.67. The van der Waals surface area contributed by atoms with Gasteiger partial charge < -0.3 is 9.84 Å². The summed E-state index contributed by atoms with van der Waals surface area (Å²) in [6, 6.07) is 0.311. The first-order valence-corrected chi connectivity index (χ1v) is 4.46. The molecule has 1 aromatic rings. The summed E-state index contributed by atoms with van der Waals surface area (Å²) in [5, 5.41) is 7.23. The van der Waals surface area contributed by atoms with Crippen LogP contribution < -0.4 is 5.32 Å². The fraction of sp³-hybridized carbons (Fsp3) is 0.750. The van der Waals surface area contributed by atoms with E-state index in [2.05, 4.69) is 15.5 Å². The van der Waals surface area contributed by atoms with Crippen LogP contribution in [0.3, 0.4) is 0 Å². The first-order chi connectivity index (χ1) is 5.97. The highest BCUT2D eigenvalue weighted by atomic mass is 16.5. The molecule has 1 aromatic heterocycles. The van der Waals surface area contributed by atoms with Crippen LogP contribution in [0.15, 0.2) is 10.9 Å². The summed E-state index contributed by atoms with van der Waals surface area (Å²) in [7, 11) is 0. The molecule has 0 aromatic carbocycles. The van der Waals surface area contributed by atoms with Crippen LogP contribution in [-0.4, -0.2) is 16.7 Å². The minimum Gasteiger partial charge on any atom is -0.343 e. The fourth-order valence-corrected chi connectivity index (χ4v) is 1.58. The molecule has 2 rings (SSSR count). The van der Waals surface area contributed by atoms with E-state index in [-0.39, 0.29) is 0 Å². The number of hydrogen-bond donors (Lipinski definition) is 1. The summed E-state index contributed by atoms with van der Waals surface area (Å²) >= 11 is 0. The Hall–Kier alpha value is -0.900. The molecular formula is C8H13N3O. The van der Waals surface area contributed by atoms with Crippen LogP contribution in [0.2, 0.25) is 0 Å². The molecule has 0 spiro atoms. The average Bonchev–Trinajstić information content (AvgIpc) is 2.48. The lowest BCUT2D eigenvalue weighted by Gasteiger charge is -2.09. The molecule has 1 fully saturated rings. The van der Waals surface area contributed by atoms with E-state index in [0.717, 1.165) is 18.8 Å². The van der Waals surface area contributed by atoms with Crippen LogP contribution >= 0.6 is 0 Å². The van der Waals surface area contributed by atoms with Crippen molar-refractivity contribution in [1.29, 1.82) is 0 Å². The van der Waals surface area contributed by atoms with Crippen molar-refractivity contribution in [2.75, 3.05) is 6.54 Å². The zero-order valence-electron chi connectivity index (χ0n) is 6.99. The third-order valence-corrected chi connectivity index (χ3v) is 2.25. The van der Waals surface area contributed by atoms with Gasteiger partial charge in [-0.25, -0.2) is 0 Å². The van der Waals surface area contributed by atoms with Gasteiger partial charge in [0.2, 0.25) is 6.39 Å². The van der Waals surface area contributed by atoms with Crippen molar-refractivity contribution >= 4 is 0 Å². The highest BCUT2D eigenvalue weighted by Crippen LogP contribution is 2.18. The molecule has 4 nitrogen and oxygen atoms in total. The maximum Gasteiger partial charge on any atom is 0.213 e. The van der Waals surface area contributed by atoms with E-state index in [4.69, 9.17) is 4.52 Å². The molecule has 12 heavy (non-hydrogen) atoms. The van der Waals surface area contributed by atoms with Crippen LogP contribution in [0.25, 0.3) is 0 Å². The second-order valence-electron chi connectivity index (χ2n) is 3.15. The van der Waals surface area contributed by atoms with Gasteiger partial charge in [0.05, 0.1) is 6.04 Å². The van der Waals surface area contributed by atoms with Gasteiger partial charge >= 0.3 is 0 Å². The summed E-state index contributed by atoms with van der Waals surface area (Å²) in [5.74, 6) is 0.803. The van der Waals surface area contributed by atoms with Gasteiger partial charge in [0, 0.05) is 0 Å². The van der Waals surface area contributed by atoms with Gasteiger partial charge in [0.1, 0.15) is 0 Å². The molecule has 2 heterocycles. The zero-order chi connectivity index (χ0) is 8.23. The highest BCUT2D eigenvalue weighted by molar-refractivity contribution is 4.90. The molecule has 1 atom stereocenters. The molecule has 1 aliphatic heterocycles. The Morgan fingerprint density at radius 2 is 2.42 bits per heavy atom. The van der Waals surface area contributed by atoms with E-state index >= 15 is 0 Å². The summed E-state index contributed by atoms with van der Waals surface area (Å²) in [6.45, 7) is 1.07. The SMILES string of the molecule is c1nc([C@H]2CCCCCN2)no1. The van der Waals surface area contributed by atoms with Gasteiger partial charge in [-0.1, -0.05) is 18.0 Å². The van der Waals surface area contributed by atoms with Crippen molar-refractivity contribution in [2.45, 2.75) is 31.7 Å². The lowest BCUT2D eigenvalue weighted by molar-refractivity contribution is 0.393. The third-order valence-electron chi connectivity index (χ3n) is 2.25. The monoisotopic (exact) mass is 167 g/mol. The summed E-state index contributed by atoms with van der Waals surface area (Å²) in [6.07, 6.45) is 6.34. The van der Waals surface area contributed by atoms with E-state index in [0.29, 0.717) is 6.04 Å². The summed E-state index contributed by atoms with van der Waals surface area (Å²) in [5.41, 5.74) is 0. The molecule has 0 radical (unpaired) electrons. The second-order valence-corrected chi connectivity index (χ2v) is 3.15. The first-order valence-electron chi connectivity index (χ1n) is 4.46. The highest BCUT2D eigenvalue weighted by Gasteiger charge is 2.16. The molecule has 1 N–H and O–H groups in total. The Morgan fingerprint density at radius 3 is 3.25 bits per heavy atom. The van der Waals surface area contributed by atoms with E-state index in [1.807, 2.05) is 0 Å². The van der Waals surface area contributed by atoms with Crippen molar-refractivity contribution in [3.8, 4) is 0 Å². The fourth-order valence-electron chi connectivity index (χ4n) is 1.58. The normalized spacial score (nSPS) is 25.2. The van der Waals surface area contributed by atoms with Crippen molar-refractivity contribution in [2.24, 2.45) is 0 Å². The van der Waals surface area contributed by atoms with Crippen LogP contribution in [0.5, 0.6) is 0 Å². The standard InChI is InChI=1S/C8H13N3O/c1-2-4-7(9-5-3-1)8-10-6-12-11-8/h6-7,9H,1-5H2/t7-/m1/s1. The minimum atomic E-state index is 0.311. The van der Waals surface area contributed by atoms with Gasteiger partial charge in [0.25, 0.3) is 0 Å². The molecule has 4 heteroatoms. The Morgan fingerprint density at radius 1 is 1.42 bits per heavy atom. The summed E-state index contributed by atoms with van der Waals surface area (Å²) < 4.78 is 4.71. The van der Waals surface area contributed by atoms with Crippen LogP contribution in [0, 0.1) is 0 Å². The smallest absolute Gasteiger partial charge is 0.213 e. The van der Waals surface area contributed by atoms with Crippen molar-refractivity contribution in [1.82, 2.24) is 15.5 Å². The molecule has 0 aliphatic carbocycles. The number of rotatable bonds is 1. The third kappa shape index (κ3) is 1.64. The van der Waals surface area contributed by atoms with E-state index in [1.54, 1.807) is 0 Å². The number of hydrogen-bond acceptors (Lipinski definition) is 4. The van der Waals surface area contributed by atoms with Crippen LogP contribution in [0.4, 0.5) is 0 Å². The molecule has 0 bridgehead atoms. The molecule has 66 valence electrons. The zero-order valence-corrected chi connectivity index (χ0v) is 6.99. The maximum absolute atomic E-state index is 4.71. The molecule has 0 saturated carbocycles. The Kier molecular flexibility index (Phi) is 2.36. The van der Waals surface area contributed by atoms with E-state index in [9.17, 15) is 0 Å². The minimum absolute atomic E-state index is 0.311. The predicted molar refractivity (Wildman–Crippen MR) is 43.5 cm³/mol. The van der Waals surface area contributed by atoms with Crippen molar-refractivity contribution < 1.29 is 4.52 Å². The lowest BCUT2D eigenvalue weighted by atomic mass is 10.1. The van der Waals surface area contributed by atoms with Gasteiger partial charge in [-0.15, -0.1) is 0 Å². The molecule has 1 saturated heterocycles. The van der Waals surface area contributed by atoms with Gasteiger partial charge in [-0.3, -0.25) is 0 Å². The largest absolute Gasteiger partial charge is 0.343 e. The maximum atomic E-state index is 4.71. The Labute approximate surface area is 71.4 Å².